The molecular formula is C7H15FN2. The van der Waals surface area contributed by atoms with Crippen molar-refractivity contribution >= 4 is 0 Å². The molecule has 0 unspecified atom stereocenters. The lowest BCUT2D eigenvalue weighted by molar-refractivity contribution is 0.127. The van der Waals surface area contributed by atoms with Gasteiger partial charge in [0, 0.05) is 25.7 Å². The van der Waals surface area contributed by atoms with Gasteiger partial charge in [0.25, 0.3) is 0 Å². The molecule has 10 heavy (non-hydrogen) atoms. The van der Waals surface area contributed by atoms with Crippen LogP contribution in [0.2, 0.25) is 0 Å². The number of hydrogen-bond donors (Lipinski definition) is 1. The number of likely N-dealkylation sites (tertiary alicyclic amines) is 1. The molecule has 0 spiro atoms. The molecule has 0 radical (unpaired) electrons. The summed E-state index contributed by atoms with van der Waals surface area (Å²) in [5.74, 6) is 0. The van der Waals surface area contributed by atoms with Crippen LogP contribution in [0.25, 0.3) is 0 Å². The molecule has 1 fully saturated rings. The monoisotopic (exact) mass is 146 g/mol. The lowest BCUT2D eigenvalue weighted by atomic mass is 10.1. The maximum absolute atomic E-state index is 11.7. The fourth-order valence-corrected chi connectivity index (χ4v) is 1.22. The minimum Gasteiger partial charge on any atom is -0.315 e. The van der Waals surface area contributed by atoms with Crippen LogP contribution in [0, 0.1) is 0 Å². The second kappa shape index (κ2) is 3.88. The fourth-order valence-electron chi connectivity index (χ4n) is 1.22. The van der Waals surface area contributed by atoms with E-state index in [1.54, 1.807) is 0 Å². The second-order valence-corrected chi connectivity index (χ2v) is 2.79. The molecule has 0 aromatic rings. The van der Waals surface area contributed by atoms with Gasteiger partial charge in [-0.1, -0.05) is 0 Å². The second-order valence-electron chi connectivity index (χ2n) is 2.79. The number of nitrogens with one attached hydrogen (secondary N) is 1. The highest BCUT2D eigenvalue weighted by molar-refractivity contribution is 4.83. The summed E-state index contributed by atoms with van der Waals surface area (Å²) in [4.78, 5) is 2.26. The Morgan fingerprint density at radius 2 is 2.30 bits per heavy atom. The van der Waals surface area contributed by atoms with Crippen LogP contribution < -0.4 is 5.32 Å². The van der Waals surface area contributed by atoms with Gasteiger partial charge in [-0.05, 0) is 13.5 Å². The van der Waals surface area contributed by atoms with Crippen molar-refractivity contribution in [2.45, 2.75) is 12.5 Å². The van der Waals surface area contributed by atoms with E-state index in [2.05, 4.69) is 10.2 Å². The molecule has 1 N–H and O–H groups in total. The average molecular weight is 146 g/mol. The van der Waals surface area contributed by atoms with Gasteiger partial charge >= 0.3 is 0 Å². The van der Waals surface area contributed by atoms with E-state index in [-0.39, 0.29) is 6.67 Å². The number of likely N-dealkylation sites (N-methyl/N-ethyl adjacent to an activating group) is 1. The van der Waals surface area contributed by atoms with Crippen LogP contribution in [0.15, 0.2) is 0 Å². The Hall–Kier alpha value is -0.150. The van der Waals surface area contributed by atoms with Crippen LogP contribution in [0.4, 0.5) is 4.39 Å². The van der Waals surface area contributed by atoms with Gasteiger partial charge in [0.15, 0.2) is 0 Å². The van der Waals surface area contributed by atoms with Crippen molar-refractivity contribution < 1.29 is 4.39 Å². The zero-order valence-corrected chi connectivity index (χ0v) is 6.44. The maximum atomic E-state index is 11.7. The van der Waals surface area contributed by atoms with Gasteiger partial charge in [0.05, 0.1) is 6.67 Å². The smallest absolute Gasteiger partial charge is 0.0906 e. The van der Waals surface area contributed by atoms with Crippen LogP contribution in [0.1, 0.15) is 6.42 Å². The van der Waals surface area contributed by atoms with Crippen LogP contribution in [-0.2, 0) is 0 Å². The van der Waals surface area contributed by atoms with Gasteiger partial charge in [0.1, 0.15) is 0 Å². The van der Waals surface area contributed by atoms with Crippen molar-refractivity contribution in [3.05, 3.63) is 0 Å². The normalized spacial score (nSPS) is 21.0. The molecule has 1 saturated heterocycles. The molecule has 1 rings (SSSR count). The quantitative estimate of drug-likeness (QED) is 0.611. The summed E-state index contributed by atoms with van der Waals surface area (Å²) in [5, 5.41) is 3.17. The summed E-state index contributed by atoms with van der Waals surface area (Å²) in [6.07, 6.45) is 0.691. The van der Waals surface area contributed by atoms with Gasteiger partial charge in [-0.3, -0.25) is 4.39 Å². The number of halogens is 1. The Bertz CT molecular complexity index is 88.9. The van der Waals surface area contributed by atoms with Crippen LogP contribution in [0.5, 0.6) is 0 Å². The summed E-state index contributed by atoms with van der Waals surface area (Å²) in [5.41, 5.74) is 0. The van der Waals surface area contributed by atoms with Gasteiger partial charge in [0.2, 0.25) is 0 Å². The molecule has 1 aliphatic rings. The Kier molecular flexibility index (Phi) is 3.09. The Balaban J connectivity index is 1.93. The molecule has 60 valence electrons. The molecule has 0 aliphatic carbocycles. The fraction of sp³-hybridized carbons (Fsp3) is 1.00. The van der Waals surface area contributed by atoms with E-state index in [0.717, 1.165) is 19.6 Å². The van der Waals surface area contributed by atoms with E-state index in [1.165, 1.54) is 0 Å². The molecule has 1 heterocycles. The highest BCUT2D eigenvalue weighted by atomic mass is 19.1. The van der Waals surface area contributed by atoms with Crippen molar-refractivity contribution in [1.29, 1.82) is 0 Å². The van der Waals surface area contributed by atoms with Crippen LogP contribution in [0.3, 0.4) is 0 Å². The van der Waals surface area contributed by atoms with Crippen LogP contribution >= 0.6 is 0 Å². The van der Waals surface area contributed by atoms with Crippen molar-refractivity contribution in [3.8, 4) is 0 Å². The third kappa shape index (κ3) is 1.92. The number of nitrogens with zero attached hydrogens (tertiary/aromatic N) is 1. The molecule has 3 heteroatoms. The summed E-state index contributed by atoms with van der Waals surface area (Å²) in [7, 11) is 1.97. The molecule has 0 aromatic heterocycles. The predicted molar refractivity (Wildman–Crippen MR) is 39.9 cm³/mol. The first-order valence-electron chi connectivity index (χ1n) is 3.82. The van der Waals surface area contributed by atoms with E-state index in [0.29, 0.717) is 12.5 Å². The van der Waals surface area contributed by atoms with E-state index in [9.17, 15) is 4.39 Å². The summed E-state index contributed by atoms with van der Waals surface area (Å²) < 4.78 is 11.7. The first kappa shape index (κ1) is 7.95. The highest BCUT2D eigenvalue weighted by Crippen LogP contribution is 2.06. The zero-order chi connectivity index (χ0) is 7.40. The maximum Gasteiger partial charge on any atom is 0.0906 e. The molecular weight excluding hydrogens is 131 g/mol. The van der Waals surface area contributed by atoms with Crippen molar-refractivity contribution in [2.24, 2.45) is 0 Å². The molecule has 0 atom stereocenters. The third-order valence-corrected chi connectivity index (χ3v) is 1.97. The summed E-state index contributed by atoms with van der Waals surface area (Å²) in [6.45, 7) is 2.93. The Labute approximate surface area is 61.4 Å². The lowest BCUT2D eigenvalue weighted by Gasteiger charge is -2.38. The molecule has 0 amide bonds. The minimum absolute atomic E-state index is 0.180. The van der Waals surface area contributed by atoms with Gasteiger partial charge in [-0.25, -0.2) is 0 Å². The average Bonchev–Trinajstić information content (AvgIpc) is 1.86. The topological polar surface area (TPSA) is 15.3 Å². The van der Waals surface area contributed by atoms with Crippen molar-refractivity contribution in [3.63, 3.8) is 0 Å². The Morgan fingerprint density at radius 3 is 2.80 bits per heavy atom. The first-order valence-corrected chi connectivity index (χ1v) is 3.82. The molecule has 1 aliphatic heterocycles. The van der Waals surface area contributed by atoms with Crippen LogP contribution in [-0.4, -0.2) is 44.3 Å². The highest BCUT2D eigenvalue weighted by Gasteiger charge is 2.23. The molecule has 0 saturated carbocycles. The summed E-state index contributed by atoms with van der Waals surface area (Å²) >= 11 is 0. The SMILES string of the molecule is CNC1CN(CCCF)C1. The number of rotatable bonds is 4. The summed E-state index contributed by atoms with van der Waals surface area (Å²) in [6, 6.07) is 0.652. The zero-order valence-electron chi connectivity index (χ0n) is 6.44. The number of alkyl halides is 1. The van der Waals surface area contributed by atoms with Crippen molar-refractivity contribution in [1.82, 2.24) is 10.2 Å². The minimum atomic E-state index is -0.180. The predicted octanol–water partition coefficient (Wildman–Crippen LogP) is 0.250. The number of hydrogen-bond acceptors (Lipinski definition) is 2. The van der Waals surface area contributed by atoms with E-state index < -0.39 is 0 Å². The lowest BCUT2D eigenvalue weighted by Crippen LogP contribution is -2.56. The third-order valence-electron chi connectivity index (χ3n) is 1.97. The van der Waals surface area contributed by atoms with E-state index >= 15 is 0 Å². The standard InChI is InChI=1S/C7H15FN2/c1-9-7-5-10(6-7)4-2-3-8/h7,9H,2-6H2,1H3. The van der Waals surface area contributed by atoms with Crippen molar-refractivity contribution in [2.75, 3.05) is 33.4 Å². The van der Waals surface area contributed by atoms with Gasteiger partial charge < -0.3 is 10.2 Å². The molecule has 0 bridgehead atoms. The Morgan fingerprint density at radius 1 is 1.60 bits per heavy atom. The first-order chi connectivity index (χ1) is 4.86. The largest absolute Gasteiger partial charge is 0.315 e. The van der Waals surface area contributed by atoms with E-state index in [1.807, 2.05) is 7.05 Å². The van der Waals surface area contributed by atoms with Gasteiger partial charge in [-0.2, -0.15) is 0 Å². The molecule has 2 nitrogen and oxygen atoms in total. The van der Waals surface area contributed by atoms with Gasteiger partial charge in [-0.15, -0.1) is 0 Å². The van der Waals surface area contributed by atoms with E-state index in [4.69, 9.17) is 0 Å². The molecule has 0 aromatic carbocycles.